The quantitative estimate of drug-likeness (QED) is 0.647. The van der Waals surface area contributed by atoms with Gasteiger partial charge >= 0.3 is 0 Å². The van der Waals surface area contributed by atoms with Crippen molar-refractivity contribution in [3.05, 3.63) is 39.9 Å². The van der Waals surface area contributed by atoms with E-state index in [2.05, 4.69) is 0 Å². The number of non-ortho nitro benzene ring substituents is 1. The first kappa shape index (κ1) is 12.0. The summed E-state index contributed by atoms with van der Waals surface area (Å²) in [6.45, 7) is 0. The molecule has 1 N–H and O–H groups in total. The number of rotatable bonds is 3. The zero-order valence-corrected chi connectivity index (χ0v) is 9.71. The summed E-state index contributed by atoms with van der Waals surface area (Å²) in [4.78, 5) is 10.1. The molecule has 4 heteroatoms. The fraction of sp³-hybridized carbons (Fsp3) is 0.538. The van der Waals surface area contributed by atoms with Gasteiger partial charge in [0.15, 0.2) is 0 Å². The lowest BCUT2D eigenvalue weighted by molar-refractivity contribution is -0.384. The molecule has 1 aromatic rings. The minimum Gasteiger partial charge on any atom is -0.393 e. The Morgan fingerprint density at radius 1 is 1.24 bits per heavy atom. The van der Waals surface area contributed by atoms with Crippen molar-refractivity contribution in [1.29, 1.82) is 0 Å². The molecule has 1 aliphatic carbocycles. The Balaban J connectivity index is 2.00. The van der Waals surface area contributed by atoms with E-state index < -0.39 is 0 Å². The molecule has 2 atom stereocenters. The Labute approximate surface area is 100 Å². The molecule has 0 saturated heterocycles. The van der Waals surface area contributed by atoms with Crippen LogP contribution in [0, 0.1) is 16.0 Å². The largest absolute Gasteiger partial charge is 0.393 e. The van der Waals surface area contributed by atoms with E-state index in [1.807, 2.05) is 0 Å². The van der Waals surface area contributed by atoms with E-state index in [0.717, 1.165) is 31.2 Å². The van der Waals surface area contributed by atoms with Crippen LogP contribution in [-0.4, -0.2) is 16.1 Å². The molecule has 17 heavy (non-hydrogen) atoms. The Kier molecular flexibility index (Phi) is 3.74. The summed E-state index contributed by atoms with van der Waals surface area (Å²) in [7, 11) is 0. The second-order valence-electron chi connectivity index (χ2n) is 4.74. The summed E-state index contributed by atoms with van der Waals surface area (Å²) < 4.78 is 0. The molecule has 0 heterocycles. The highest BCUT2D eigenvalue weighted by molar-refractivity contribution is 5.33. The number of aliphatic hydroxyl groups is 1. The topological polar surface area (TPSA) is 63.4 Å². The third-order valence-corrected chi connectivity index (χ3v) is 3.51. The van der Waals surface area contributed by atoms with E-state index in [9.17, 15) is 15.2 Å². The molecule has 2 unspecified atom stereocenters. The molecule has 4 nitrogen and oxygen atoms in total. The van der Waals surface area contributed by atoms with Gasteiger partial charge in [0.05, 0.1) is 11.0 Å². The minimum absolute atomic E-state index is 0.123. The first-order chi connectivity index (χ1) is 8.16. The molecule has 0 aliphatic heterocycles. The molecule has 0 amide bonds. The molecule has 1 fully saturated rings. The maximum Gasteiger partial charge on any atom is 0.269 e. The van der Waals surface area contributed by atoms with Crippen molar-refractivity contribution < 1.29 is 10.0 Å². The van der Waals surface area contributed by atoms with Gasteiger partial charge in [-0.1, -0.05) is 25.0 Å². The Morgan fingerprint density at radius 2 is 1.88 bits per heavy atom. The van der Waals surface area contributed by atoms with E-state index in [4.69, 9.17) is 0 Å². The highest BCUT2D eigenvalue weighted by Crippen LogP contribution is 2.27. The lowest BCUT2D eigenvalue weighted by Crippen LogP contribution is -2.26. The first-order valence-electron chi connectivity index (χ1n) is 6.08. The van der Waals surface area contributed by atoms with Gasteiger partial charge in [-0.05, 0) is 30.7 Å². The zero-order valence-electron chi connectivity index (χ0n) is 9.71. The molecule has 2 rings (SSSR count). The highest BCUT2D eigenvalue weighted by Gasteiger charge is 2.23. The number of benzene rings is 1. The van der Waals surface area contributed by atoms with Gasteiger partial charge in [0, 0.05) is 12.1 Å². The van der Waals surface area contributed by atoms with Crippen LogP contribution in [0.1, 0.15) is 31.2 Å². The van der Waals surface area contributed by atoms with Crippen LogP contribution in [0.5, 0.6) is 0 Å². The third-order valence-electron chi connectivity index (χ3n) is 3.51. The summed E-state index contributed by atoms with van der Waals surface area (Å²) in [5.74, 6) is 0.310. The van der Waals surface area contributed by atoms with E-state index >= 15 is 0 Å². The summed E-state index contributed by atoms with van der Waals surface area (Å²) >= 11 is 0. The fourth-order valence-corrected chi connectivity index (χ4v) is 2.48. The van der Waals surface area contributed by atoms with Crippen LogP contribution in [0.4, 0.5) is 5.69 Å². The third kappa shape index (κ3) is 3.03. The molecule has 0 aromatic heterocycles. The van der Waals surface area contributed by atoms with Gasteiger partial charge in [0.25, 0.3) is 5.69 Å². The van der Waals surface area contributed by atoms with Crippen LogP contribution in [-0.2, 0) is 6.42 Å². The van der Waals surface area contributed by atoms with Crippen molar-refractivity contribution in [3.63, 3.8) is 0 Å². The van der Waals surface area contributed by atoms with Gasteiger partial charge in [-0.2, -0.15) is 0 Å². The van der Waals surface area contributed by atoms with Crippen LogP contribution in [0.15, 0.2) is 24.3 Å². The molecule has 92 valence electrons. The van der Waals surface area contributed by atoms with Crippen LogP contribution >= 0.6 is 0 Å². The first-order valence-corrected chi connectivity index (χ1v) is 6.08. The van der Waals surface area contributed by atoms with Crippen LogP contribution in [0.25, 0.3) is 0 Å². The van der Waals surface area contributed by atoms with E-state index in [1.54, 1.807) is 12.1 Å². The highest BCUT2D eigenvalue weighted by atomic mass is 16.6. The average molecular weight is 235 g/mol. The Bertz CT molecular complexity index is 388. The van der Waals surface area contributed by atoms with Crippen LogP contribution in [0.3, 0.4) is 0 Å². The number of hydrogen-bond acceptors (Lipinski definition) is 3. The zero-order chi connectivity index (χ0) is 12.3. The average Bonchev–Trinajstić information content (AvgIpc) is 2.33. The minimum atomic E-state index is -0.390. The van der Waals surface area contributed by atoms with E-state index in [0.29, 0.717) is 5.92 Å². The van der Waals surface area contributed by atoms with E-state index in [-0.39, 0.29) is 16.7 Å². The summed E-state index contributed by atoms with van der Waals surface area (Å²) in [6, 6.07) is 6.65. The molecule has 1 aromatic carbocycles. The monoisotopic (exact) mass is 235 g/mol. The van der Waals surface area contributed by atoms with Gasteiger partial charge in [0.2, 0.25) is 0 Å². The smallest absolute Gasteiger partial charge is 0.269 e. The van der Waals surface area contributed by atoms with Gasteiger partial charge in [-0.3, -0.25) is 10.1 Å². The van der Waals surface area contributed by atoms with Gasteiger partial charge in [-0.15, -0.1) is 0 Å². The van der Waals surface area contributed by atoms with Crippen molar-refractivity contribution in [2.75, 3.05) is 0 Å². The maximum absolute atomic E-state index is 10.5. The van der Waals surface area contributed by atoms with Crippen molar-refractivity contribution in [2.24, 2.45) is 5.92 Å². The Hall–Kier alpha value is -1.42. The number of hydrogen-bond donors (Lipinski definition) is 1. The van der Waals surface area contributed by atoms with Gasteiger partial charge < -0.3 is 5.11 Å². The maximum atomic E-state index is 10.5. The van der Waals surface area contributed by atoms with Crippen molar-refractivity contribution in [2.45, 2.75) is 38.2 Å². The lowest BCUT2D eigenvalue weighted by atomic mass is 9.82. The molecule has 1 saturated carbocycles. The Morgan fingerprint density at radius 3 is 2.47 bits per heavy atom. The number of nitro benzene ring substituents is 1. The molecule has 0 spiro atoms. The molecule has 1 aliphatic rings. The van der Waals surface area contributed by atoms with Crippen LogP contribution < -0.4 is 0 Å². The summed E-state index contributed by atoms with van der Waals surface area (Å²) in [5, 5.41) is 20.4. The molecule has 0 bridgehead atoms. The number of nitrogens with zero attached hydrogens (tertiary/aromatic N) is 1. The van der Waals surface area contributed by atoms with Crippen molar-refractivity contribution >= 4 is 5.69 Å². The van der Waals surface area contributed by atoms with Crippen LogP contribution in [0.2, 0.25) is 0 Å². The summed E-state index contributed by atoms with van der Waals surface area (Å²) in [6.07, 6.45) is 4.83. The second-order valence-corrected chi connectivity index (χ2v) is 4.74. The lowest BCUT2D eigenvalue weighted by Gasteiger charge is -2.27. The predicted octanol–water partition coefficient (Wildman–Crippen LogP) is 2.69. The normalized spacial score (nSPS) is 24.5. The summed E-state index contributed by atoms with van der Waals surface area (Å²) in [5.41, 5.74) is 1.19. The standard InChI is InChI=1S/C13H17NO3/c15-13-4-2-1-3-11(13)9-10-5-7-12(8-6-10)14(16)17/h5-8,11,13,15H,1-4,9H2. The van der Waals surface area contributed by atoms with Gasteiger partial charge in [-0.25, -0.2) is 0 Å². The van der Waals surface area contributed by atoms with Crippen molar-refractivity contribution in [3.8, 4) is 0 Å². The fourth-order valence-electron chi connectivity index (χ4n) is 2.48. The second kappa shape index (κ2) is 5.27. The molecular weight excluding hydrogens is 218 g/mol. The number of aliphatic hydroxyl groups excluding tert-OH is 1. The van der Waals surface area contributed by atoms with Gasteiger partial charge in [0.1, 0.15) is 0 Å². The molecule has 0 radical (unpaired) electrons. The van der Waals surface area contributed by atoms with Crippen molar-refractivity contribution in [1.82, 2.24) is 0 Å². The number of nitro groups is 1. The SMILES string of the molecule is O=[N+]([O-])c1ccc(CC2CCCCC2O)cc1. The predicted molar refractivity (Wildman–Crippen MR) is 64.8 cm³/mol. The molecular formula is C13H17NO3. The van der Waals surface area contributed by atoms with E-state index in [1.165, 1.54) is 18.6 Å².